The van der Waals surface area contributed by atoms with E-state index in [0.29, 0.717) is 6.04 Å². The zero-order valence-electron chi connectivity index (χ0n) is 9.33. The lowest BCUT2D eigenvalue weighted by atomic mass is 9.91. The van der Waals surface area contributed by atoms with Crippen LogP contribution in [0.4, 0.5) is 0 Å². The Morgan fingerprint density at radius 2 is 1.87 bits per heavy atom. The second kappa shape index (κ2) is 4.67. The highest BCUT2D eigenvalue weighted by Gasteiger charge is 2.33. The van der Waals surface area contributed by atoms with E-state index < -0.39 is 0 Å². The number of hydrogen-bond acceptors (Lipinski definition) is 1. The van der Waals surface area contributed by atoms with E-state index in [1.54, 1.807) is 0 Å². The van der Waals surface area contributed by atoms with Crippen molar-refractivity contribution in [2.24, 2.45) is 11.8 Å². The maximum atomic E-state index is 3.47. The first-order valence-corrected chi connectivity index (χ1v) is 6.44. The highest BCUT2D eigenvalue weighted by Crippen LogP contribution is 2.42. The predicted octanol–water partition coefficient (Wildman–Crippen LogP) is 3.76. The average Bonchev–Trinajstić information content (AvgIpc) is 3.05. The molecule has 0 amide bonds. The molecule has 1 saturated carbocycles. The van der Waals surface area contributed by atoms with Crippen LogP contribution in [-0.4, -0.2) is 7.05 Å². The van der Waals surface area contributed by atoms with Crippen LogP contribution in [0, 0.1) is 11.8 Å². The lowest BCUT2D eigenvalue weighted by Crippen LogP contribution is -2.24. The van der Waals surface area contributed by atoms with Crippen molar-refractivity contribution in [1.29, 1.82) is 0 Å². The molecule has 0 radical (unpaired) electrons. The summed E-state index contributed by atoms with van der Waals surface area (Å²) in [7, 11) is 2.06. The molecule has 0 bridgehead atoms. The zero-order chi connectivity index (χ0) is 10.8. The van der Waals surface area contributed by atoms with Crippen LogP contribution in [0.15, 0.2) is 28.7 Å². The smallest absolute Gasteiger partial charge is 0.0346 e. The van der Waals surface area contributed by atoms with Crippen LogP contribution in [-0.2, 0) is 0 Å². The topological polar surface area (TPSA) is 12.0 Å². The van der Waals surface area contributed by atoms with Gasteiger partial charge >= 0.3 is 0 Å². The van der Waals surface area contributed by atoms with Crippen LogP contribution >= 0.6 is 15.9 Å². The van der Waals surface area contributed by atoms with Gasteiger partial charge in [0.1, 0.15) is 0 Å². The van der Waals surface area contributed by atoms with Crippen molar-refractivity contribution < 1.29 is 0 Å². The molecule has 82 valence electrons. The number of halogens is 1. The monoisotopic (exact) mass is 267 g/mol. The van der Waals surface area contributed by atoms with Gasteiger partial charge in [0.25, 0.3) is 0 Å². The molecule has 1 aliphatic rings. The van der Waals surface area contributed by atoms with Crippen molar-refractivity contribution in [2.45, 2.75) is 25.8 Å². The van der Waals surface area contributed by atoms with E-state index >= 15 is 0 Å². The summed E-state index contributed by atoms with van der Waals surface area (Å²) in [5, 5.41) is 3.44. The molecule has 2 atom stereocenters. The molecule has 2 heteroatoms. The van der Waals surface area contributed by atoms with Crippen LogP contribution in [0.3, 0.4) is 0 Å². The van der Waals surface area contributed by atoms with Gasteiger partial charge in [-0.3, -0.25) is 0 Å². The van der Waals surface area contributed by atoms with Crippen LogP contribution in [0.25, 0.3) is 0 Å². The summed E-state index contributed by atoms with van der Waals surface area (Å²) in [4.78, 5) is 0. The Hall–Kier alpha value is -0.340. The van der Waals surface area contributed by atoms with Crippen LogP contribution < -0.4 is 5.32 Å². The summed E-state index contributed by atoms with van der Waals surface area (Å²) in [6, 6.07) is 9.18. The largest absolute Gasteiger partial charge is 0.313 e. The molecule has 0 spiro atoms. The van der Waals surface area contributed by atoms with Crippen molar-refractivity contribution in [3.63, 3.8) is 0 Å². The van der Waals surface area contributed by atoms with Crippen molar-refractivity contribution >= 4 is 15.9 Å². The summed E-state index contributed by atoms with van der Waals surface area (Å²) in [5.74, 6) is 1.68. The van der Waals surface area contributed by atoms with Gasteiger partial charge < -0.3 is 5.32 Å². The number of nitrogens with one attached hydrogen (secondary N) is 1. The van der Waals surface area contributed by atoms with Gasteiger partial charge in [-0.15, -0.1) is 0 Å². The molecule has 1 aromatic carbocycles. The molecule has 1 fully saturated rings. The fraction of sp³-hybridized carbons (Fsp3) is 0.538. The Morgan fingerprint density at radius 1 is 1.27 bits per heavy atom. The molecule has 0 heterocycles. The van der Waals surface area contributed by atoms with E-state index in [4.69, 9.17) is 0 Å². The molecule has 1 aliphatic carbocycles. The van der Waals surface area contributed by atoms with E-state index in [1.807, 2.05) is 0 Å². The third-order valence-corrected chi connectivity index (χ3v) is 3.96. The predicted molar refractivity (Wildman–Crippen MR) is 67.8 cm³/mol. The number of benzene rings is 1. The second-order valence-electron chi connectivity index (χ2n) is 4.51. The Morgan fingerprint density at radius 3 is 2.33 bits per heavy atom. The third-order valence-electron chi connectivity index (χ3n) is 3.43. The molecule has 0 saturated heterocycles. The van der Waals surface area contributed by atoms with E-state index in [1.165, 1.54) is 18.4 Å². The molecule has 0 aliphatic heterocycles. The Balaban J connectivity index is 2.14. The minimum Gasteiger partial charge on any atom is -0.313 e. The summed E-state index contributed by atoms with van der Waals surface area (Å²) < 4.78 is 1.15. The highest BCUT2D eigenvalue weighted by atomic mass is 79.9. The van der Waals surface area contributed by atoms with Gasteiger partial charge in [0, 0.05) is 10.5 Å². The van der Waals surface area contributed by atoms with Gasteiger partial charge in [-0.05, 0) is 49.4 Å². The Labute approximate surface area is 100 Å². The SMILES string of the molecule is CNC(c1ccc(Br)cc1)C(C)C1CC1. The van der Waals surface area contributed by atoms with Gasteiger partial charge in [-0.2, -0.15) is 0 Å². The molecule has 2 unspecified atom stereocenters. The first kappa shape index (κ1) is 11.2. The lowest BCUT2D eigenvalue weighted by molar-refractivity contribution is 0.369. The standard InChI is InChI=1S/C13H18BrN/c1-9(10-3-4-10)13(15-2)11-5-7-12(14)8-6-11/h5-10,13,15H,3-4H2,1-2H3. The lowest BCUT2D eigenvalue weighted by Gasteiger charge is -2.24. The average molecular weight is 268 g/mol. The molecule has 1 aromatic rings. The van der Waals surface area contributed by atoms with Crippen LogP contribution in [0.5, 0.6) is 0 Å². The van der Waals surface area contributed by atoms with Crippen molar-refractivity contribution in [3.8, 4) is 0 Å². The maximum Gasteiger partial charge on any atom is 0.0346 e. The summed E-state index contributed by atoms with van der Waals surface area (Å²) in [6.45, 7) is 2.36. The second-order valence-corrected chi connectivity index (χ2v) is 5.43. The van der Waals surface area contributed by atoms with E-state index in [9.17, 15) is 0 Å². The van der Waals surface area contributed by atoms with Gasteiger partial charge in [-0.25, -0.2) is 0 Å². The quantitative estimate of drug-likeness (QED) is 0.876. The minimum absolute atomic E-state index is 0.505. The molecular weight excluding hydrogens is 250 g/mol. The first-order valence-electron chi connectivity index (χ1n) is 5.65. The normalized spacial score (nSPS) is 19.9. The first-order chi connectivity index (χ1) is 7.22. The Kier molecular flexibility index (Phi) is 3.47. The minimum atomic E-state index is 0.505. The van der Waals surface area contributed by atoms with Gasteiger partial charge in [0.15, 0.2) is 0 Å². The van der Waals surface area contributed by atoms with Crippen LogP contribution in [0.1, 0.15) is 31.4 Å². The molecule has 1 N–H and O–H groups in total. The van der Waals surface area contributed by atoms with Gasteiger partial charge in [0.05, 0.1) is 0 Å². The zero-order valence-corrected chi connectivity index (χ0v) is 10.9. The molecule has 0 aromatic heterocycles. The van der Waals surface area contributed by atoms with Crippen molar-refractivity contribution in [3.05, 3.63) is 34.3 Å². The molecule has 15 heavy (non-hydrogen) atoms. The van der Waals surface area contributed by atoms with Crippen LogP contribution in [0.2, 0.25) is 0 Å². The fourth-order valence-corrected chi connectivity index (χ4v) is 2.56. The fourth-order valence-electron chi connectivity index (χ4n) is 2.30. The highest BCUT2D eigenvalue weighted by molar-refractivity contribution is 9.10. The summed E-state index contributed by atoms with van der Waals surface area (Å²) in [5.41, 5.74) is 1.40. The maximum absolute atomic E-state index is 3.47. The summed E-state index contributed by atoms with van der Waals surface area (Å²) in [6.07, 6.45) is 2.83. The third kappa shape index (κ3) is 2.61. The summed E-state index contributed by atoms with van der Waals surface area (Å²) >= 11 is 3.47. The van der Waals surface area contributed by atoms with Gasteiger partial charge in [-0.1, -0.05) is 35.0 Å². The number of rotatable bonds is 4. The van der Waals surface area contributed by atoms with Crippen molar-refractivity contribution in [1.82, 2.24) is 5.32 Å². The number of hydrogen-bond donors (Lipinski definition) is 1. The molecule has 1 nitrogen and oxygen atoms in total. The Bertz CT molecular complexity index is 316. The molecule has 2 rings (SSSR count). The van der Waals surface area contributed by atoms with E-state index in [2.05, 4.69) is 59.5 Å². The van der Waals surface area contributed by atoms with Gasteiger partial charge in [0.2, 0.25) is 0 Å². The van der Waals surface area contributed by atoms with Crippen molar-refractivity contribution in [2.75, 3.05) is 7.05 Å². The van der Waals surface area contributed by atoms with E-state index in [-0.39, 0.29) is 0 Å². The van der Waals surface area contributed by atoms with E-state index in [0.717, 1.165) is 16.3 Å². The molecular formula is C13H18BrN.